The van der Waals surface area contributed by atoms with Crippen molar-refractivity contribution in [3.63, 3.8) is 0 Å². The molecular weight excluding hydrogens is 246 g/mol. The maximum absolute atomic E-state index is 5.30. The van der Waals surface area contributed by atoms with Crippen molar-refractivity contribution in [2.24, 2.45) is 5.92 Å². The van der Waals surface area contributed by atoms with Crippen LogP contribution in [0.15, 0.2) is 4.52 Å². The van der Waals surface area contributed by atoms with E-state index >= 15 is 0 Å². The molecular formula is C13H25N3OS. The topological polar surface area (TPSA) is 51.0 Å². The minimum atomic E-state index is 0.228. The van der Waals surface area contributed by atoms with E-state index < -0.39 is 0 Å². The summed E-state index contributed by atoms with van der Waals surface area (Å²) in [5.74, 6) is 2.88. The molecule has 1 unspecified atom stereocenters. The van der Waals surface area contributed by atoms with Crippen LogP contribution in [0.25, 0.3) is 0 Å². The van der Waals surface area contributed by atoms with Crippen LogP contribution in [0.3, 0.4) is 0 Å². The lowest BCUT2D eigenvalue weighted by atomic mass is 10.0. The molecule has 104 valence electrons. The summed E-state index contributed by atoms with van der Waals surface area (Å²) < 4.78 is 5.53. The average molecular weight is 271 g/mol. The molecule has 0 aliphatic carbocycles. The standard InChI is InChI=1S/C13H25N3OS/c1-9(2)10(14-6)7-12-15-11(16-17-12)8-18-13(3,4)5/h9-10,14H,7-8H2,1-6H3. The van der Waals surface area contributed by atoms with Crippen LogP contribution in [-0.4, -0.2) is 28.0 Å². The molecule has 0 radical (unpaired) electrons. The molecule has 4 nitrogen and oxygen atoms in total. The first-order valence-corrected chi connectivity index (χ1v) is 7.43. The van der Waals surface area contributed by atoms with E-state index in [1.54, 1.807) is 0 Å². The zero-order valence-corrected chi connectivity index (χ0v) is 13.1. The second kappa shape index (κ2) is 6.57. The molecule has 5 heteroatoms. The number of nitrogens with one attached hydrogen (secondary N) is 1. The van der Waals surface area contributed by atoms with Crippen molar-refractivity contribution in [3.05, 3.63) is 11.7 Å². The Bertz CT molecular complexity index is 357. The van der Waals surface area contributed by atoms with Crippen LogP contribution in [0.2, 0.25) is 0 Å². The van der Waals surface area contributed by atoms with Crippen LogP contribution in [-0.2, 0) is 12.2 Å². The third-order valence-corrected chi connectivity index (χ3v) is 3.98. The number of likely N-dealkylation sites (N-methyl/N-ethyl adjacent to an activating group) is 1. The van der Waals surface area contributed by atoms with Gasteiger partial charge in [0.25, 0.3) is 0 Å². The molecule has 1 N–H and O–H groups in total. The predicted octanol–water partition coefficient (Wildman–Crippen LogP) is 2.89. The third-order valence-electron chi connectivity index (χ3n) is 2.71. The van der Waals surface area contributed by atoms with Crippen LogP contribution in [0.5, 0.6) is 0 Å². The SMILES string of the molecule is CNC(Cc1nc(CSC(C)(C)C)no1)C(C)C. The highest BCUT2D eigenvalue weighted by Crippen LogP contribution is 2.26. The third kappa shape index (κ3) is 5.40. The van der Waals surface area contributed by atoms with Gasteiger partial charge in [-0.25, -0.2) is 0 Å². The Morgan fingerprint density at radius 3 is 2.50 bits per heavy atom. The molecule has 0 aliphatic rings. The van der Waals surface area contributed by atoms with Gasteiger partial charge in [-0.2, -0.15) is 4.98 Å². The molecule has 0 aromatic carbocycles. The van der Waals surface area contributed by atoms with Gasteiger partial charge in [-0.05, 0) is 13.0 Å². The summed E-state index contributed by atoms with van der Waals surface area (Å²) in [5, 5.41) is 7.31. The van der Waals surface area contributed by atoms with Gasteiger partial charge in [0.15, 0.2) is 5.82 Å². The Morgan fingerprint density at radius 2 is 2.00 bits per heavy atom. The normalized spacial score (nSPS) is 14.2. The number of hydrogen-bond acceptors (Lipinski definition) is 5. The van der Waals surface area contributed by atoms with Crippen LogP contribution in [0.4, 0.5) is 0 Å². The summed E-state index contributed by atoms with van der Waals surface area (Å²) in [6.07, 6.45) is 0.793. The Balaban J connectivity index is 2.52. The molecule has 0 saturated carbocycles. The van der Waals surface area contributed by atoms with E-state index in [1.165, 1.54) is 0 Å². The number of thioether (sulfide) groups is 1. The van der Waals surface area contributed by atoms with Gasteiger partial charge >= 0.3 is 0 Å². The van der Waals surface area contributed by atoms with Crippen molar-refractivity contribution >= 4 is 11.8 Å². The van der Waals surface area contributed by atoms with Crippen molar-refractivity contribution in [2.75, 3.05) is 7.05 Å². The van der Waals surface area contributed by atoms with E-state index in [9.17, 15) is 0 Å². The number of nitrogens with zero attached hydrogens (tertiary/aromatic N) is 2. The highest BCUT2D eigenvalue weighted by molar-refractivity contribution is 7.99. The summed E-state index contributed by atoms with van der Waals surface area (Å²) in [4.78, 5) is 4.44. The summed E-state index contributed by atoms with van der Waals surface area (Å²) in [6, 6.07) is 0.383. The molecule has 0 aliphatic heterocycles. The largest absolute Gasteiger partial charge is 0.339 e. The lowest BCUT2D eigenvalue weighted by Crippen LogP contribution is -2.32. The predicted molar refractivity (Wildman–Crippen MR) is 76.7 cm³/mol. The van der Waals surface area contributed by atoms with Gasteiger partial charge in [-0.15, -0.1) is 11.8 Å². The smallest absolute Gasteiger partial charge is 0.228 e. The van der Waals surface area contributed by atoms with Crippen LogP contribution in [0.1, 0.15) is 46.3 Å². The van der Waals surface area contributed by atoms with Gasteiger partial charge in [-0.3, -0.25) is 0 Å². The van der Waals surface area contributed by atoms with Crippen molar-refractivity contribution in [1.29, 1.82) is 0 Å². The first kappa shape index (κ1) is 15.5. The zero-order valence-electron chi connectivity index (χ0n) is 12.3. The van der Waals surface area contributed by atoms with Gasteiger partial charge in [0.05, 0.1) is 5.75 Å². The molecule has 1 atom stereocenters. The Hall–Kier alpha value is -0.550. The first-order chi connectivity index (χ1) is 8.31. The van der Waals surface area contributed by atoms with E-state index in [2.05, 4.69) is 50.1 Å². The fourth-order valence-electron chi connectivity index (χ4n) is 1.57. The zero-order chi connectivity index (χ0) is 13.8. The minimum Gasteiger partial charge on any atom is -0.339 e. The van der Waals surface area contributed by atoms with E-state index in [0.29, 0.717) is 12.0 Å². The molecule has 1 aromatic rings. The molecule has 1 heterocycles. The quantitative estimate of drug-likeness (QED) is 0.862. The summed E-state index contributed by atoms with van der Waals surface area (Å²) in [5.41, 5.74) is 0. The lowest BCUT2D eigenvalue weighted by Gasteiger charge is -2.17. The van der Waals surface area contributed by atoms with E-state index in [0.717, 1.165) is 23.9 Å². The summed E-state index contributed by atoms with van der Waals surface area (Å²) in [6.45, 7) is 10.9. The Labute approximate surface area is 114 Å². The van der Waals surface area contributed by atoms with Gasteiger partial charge in [0.2, 0.25) is 5.89 Å². The van der Waals surface area contributed by atoms with Gasteiger partial charge in [0.1, 0.15) is 0 Å². The molecule has 0 spiro atoms. The Kier molecular flexibility index (Phi) is 5.66. The molecule has 18 heavy (non-hydrogen) atoms. The van der Waals surface area contributed by atoms with Crippen LogP contribution in [0, 0.1) is 5.92 Å². The number of hydrogen-bond donors (Lipinski definition) is 1. The second-order valence-corrected chi connectivity index (χ2v) is 7.65. The lowest BCUT2D eigenvalue weighted by molar-refractivity contribution is 0.333. The minimum absolute atomic E-state index is 0.228. The second-order valence-electron chi connectivity index (χ2n) is 5.85. The van der Waals surface area contributed by atoms with E-state index in [-0.39, 0.29) is 4.75 Å². The molecule has 0 fully saturated rings. The fourth-order valence-corrected chi connectivity index (χ4v) is 2.25. The summed E-state index contributed by atoms with van der Waals surface area (Å²) in [7, 11) is 1.97. The fraction of sp³-hybridized carbons (Fsp3) is 0.846. The summed E-state index contributed by atoms with van der Waals surface area (Å²) >= 11 is 1.83. The maximum Gasteiger partial charge on any atom is 0.228 e. The van der Waals surface area contributed by atoms with Crippen LogP contribution >= 0.6 is 11.8 Å². The van der Waals surface area contributed by atoms with E-state index in [1.807, 2.05) is 18.8 Å². The molecule has 0 saturated heterocycles. The van der Waals surface area contributed by atoms with Gasteiger partial charge < -0.3 is 9.84 Å². The highest BCUT2D eigenvalue weighted by Gasteiger charge is 2.17. The molecule has 1 aromatic heterocycles. The monoisotopic (exact) mass is 271 g/mol. The molecule has 0 amide bonds. The van der Waals surface area contributed by atoms with Crippen molar-refractivity contribution < 1.29 is 4.52 Å². The van der Waals surface area contributed by atoms with Crippen molar-refractivity contribution in [2.45, 2.75) is 57.6 Å². The maximum atomic E-state index is 5.30. The first-order valence-electron chi connectivity index (χ1n) is 6.44. The van der Waals surface area contributed by atoms with Gasteiger partial charge in [0, 0.05) is 17.2 Å². The van der Waals surface area contributed by atoms with Crippen molar-refractivity contribution in [3.8, 4) is 0 Å². The highest BCUT2D eigenvalue weighted by atomic mass is 32.2. The van der Waals surface area contributed by atoms with Crippen LogP contribution < -0.4 is 5.32 Å². The number of aromatic nitrogens is 2. The average Bonchev–Trinajstić information content (AvgIpc) is 2.69. The Morgan fingerprint density at radius 1 is 1.33 bits per heavy atom. The number of rotatable bonds is 6. The molecule has 1 rings (SSSR count). The van der Waals surface area contributed by atoms with Gasteiger partial charge in [-0.1, -0.05) is 39.8 Å². The van der Waals surface area contributed by atoms with Crippen molar-refractivity contribution in [1.82, 2.24) is 15.5 Å². The molecule has 0 bridgehead atoms. The van der Waals surface area contributed by atoms with E-state index in [4.69, 9.17) is 4.52 Å².